The molecule has 1 rings (SSSR count). The van der Waals surface area contributed by atoms with Gasteiger partial charge < -0.3 is 11.1 Å². The van der Waals surface area contributed by atoms with Gasteiger partial charge in [0, 0.05) is 0 Å². The average Bonchev–Trinajstić information content (AvgIpc) is 2.28. The molecule has 0 saturated carbocycles. The normalized spacial score (nSPS) is 12.3. The molecule has 1 aromatic rings. The van der Waals surface area contributed by atoms with Crippen LogP contribution in [0.4, 0.5) is 4.39 Å². The van der Waals surface area contributed by atoms with Gasteiger partial charge in [-0.3, -0.25) is 9.59 Å². The lowest BCUT2D eigenvalue weighted by Crippen LogP contribution is -2.47. The summed E-state index contributed by atoms with van der Waals surface area (Å²) in [7, 11) is 0. The number of amides is 2. The third kappa shape index (κ3) is 3.29. The molecule has 0 fully saturated rings. The number of primary amides is 1. The Balaban J connectivity index is 2.94. The fraction of sp³-hybridized carbons (Fsp3) is 0.385. The van der Waals surface area contributed by atoms with E-state index in [4.69, 9.17) is 5.73 Å². The molecule has 0 aromatic heterocycles. The van der Waals surface area contributed by atoms with Crippen molar-refractivity contribution in [1.82, 2.24) is 5.32 Å². The standard InChI is InChI=1S/C13H17FN2O2/c1-7(2)11(12(15)17)16-13(18)9-6-8(3)4-5-10(9)14/h4-7,11H,1-3H3,(H2,15,17)(H,16,18). The minimum Gasteiger partial charge on any atom is -0.368 e. The summed E-state index contributed by atoms with van der Waals surface area (Å²) in [6, 6.07) is 3.42. The maximum absolute atomic E-state index is 13.5. The molecule has 0 aliphatic heterocycles. The van der Waals surface area contributed by atoms with Crippen molar-refractivity contribution in [1.29, 1.82) is 0 Å². The first-order chi connectivity index (χ1) is 8.32. The molecule has 4 nitrogen and oxygen atoms in total. The first-order valence-electron chi connectivity index (χ1n) is 5.69. The number of aryl methyl sites for hydroxylation is 1. The number of nitrogens with two attached hydrogens (primary N) is 1. The Labute approximate surface area is 105 Å². The second-order valence-electron chi connectivity index (χ2n) is 4.58. The highest BCUT2D eigenvalue weighted by Gasteiger charge is 2.23. The second-order valence-corrected chi connectivity index (χ2v) is 4.58. The van der Waals surface area contributed by atoms with Crippen molar-refractivity contribution in [3.05, 3.63) is 35.1 Å². The first-order valence-corrected chi connectivity index (χ1v) is 5.69. The van der Waals surface area contributed by atoms with E-state index in [2.05, 4.69) is 5.32 Å². The van der Waals surface area contributed by atoms with Crippen LogP contribution in [0.2, 0.25) is 0 Å². The molecule has 18 heavy (non-hydrogen) atoms. The van der Waals surface area contributed by atoms with E-state index in [0.717, 1.165) is 5.56 Å². The van der Waals surface area contributed by atoms with E-state index in [1.165, 1.54) is 12.1 Å². The zero-order valence-electron chi connectivity index (χ0n) is 10.7. The summed E-state index contributed by atoms with van der Waals surface area (Å²) in [5.41, 5.74) is 5.87. The SMILES string of the molecule is Cc1ccc(F)c(C(=O)NC(C(N)=O)C(C)C)c1. The number of carbonyl (C=O) groups excluding carboxylic acids is 2. The molecule has 0 aliphatic rings. The van der Waals surface area contributed by atoms with E-state index in [1.54, 1.807) is 26.8 Å². The minimum atomic E-state index is -0.808. The summed E-state index contributed by atoms with van der Waals surface area (Å²) in [6.07, 6.45) is 0. The number of nitrogens with one attached hydrogen (secondary N) is 1. The quantitative estimate of drug-likeness (QED) is 0.849. The van der Waals surface area contributed by atoms with Crippen molar-refractivity contribution in [2.75, 3.05) is 0 Å². The molecule has 5 heteroatoms. The van der Waals surface area contributed by atoms with Gasteiger partial charge in [-0.05, 0) is 25.0 Å². The van der Waals surface area contributed by atoms with Gasteiger partial charge in [-0.25, -0.2) is 4.39 Å². The van der Waals surface area contributed by atoms with Gasteiger partial charge >= 0.3 is 0 Å². The molecule has 0 radical (unpaired) electrons. The summed E-state index contributed by atoms with van der Waals surface area (Å²) in [5.74, 6) is -2.04. The third-order valence-corrected chi connectivity index (χ3v) is 2.63. The van der Waals surface area contributed by atoms with Crippen LogP contribution in [-0.2, 0) is 4.79 Å². The molecule has 0 saturated heterocycles. The highest BCUT2D eigenvalue weighted by molar-refractivity contribution is 5.97. The summed E-state index contributed by atoms with van der Waals surface area (Å²) in [6.45, 7) is 5.26. The van der Waals surface area contributed by atoms with Gasteiger partial charge in [-0.15, -0.1) is 0 Å². The second kappa shape index (κ2) is 5.62. The van der Waals surface area contributed by atoms with Crippen molar-refractivity contribution in [3.8, 4) is 0 Å². The van der Waals surface area contributed by atoms with Crippen LogP contribution >= 0.6 is 0 Å². The average molecular weight is 252 g/mol. The monoisotopic (exact) mass is 252 g/mol. The fourth-order valence-electron chi connectivity index (χ4n) is 1.60. The Hall–Kier alpha value is -1.91. The van der Waals surface area contributed by atoms with Crippen LogP contribution < -0.4 is 11.1 Å². The molecule has 0 heterocycles. The molecule has 0 spiro atoms. The smallest absolute Gasteiger partial charge is 0.254 e. The number of benzene rings is 1. The predicted octanol–water partition coefficient (Wildman–Crippen LogP) is 1.37. The highest BCUT2D eigenvalue weighted by Crippen LogP contribution is 2.11. The molecule has 0 bridgehead atoms. The lowest BCUT2D eigenvalue weighted by atomic mass is 10.0. The van der Waals surface area contributed by atoms with Gasteiger partial charge in [0.2, 0.25) is 5.91 Å². The number of hydrogen-bond donors (Lipinski definition) is 2. The van der Waals surface area contributed by atoms with Crippen LogP contribution in [0.25, 0.3) is 0 Å². The zero-order valence-corrected chi connectivity index (χ0v) is 10.7. The molecule has 3 N–H and O–H groups in total. The van der Waals surface area contributed by atoms with Gasteiger partial charge in [-0.1, -0.05) is 25.5 Å². The van der Waals surface area contributed by atoms with Gasteiger partial charge in [-0.2, -0.15) is 0 Å². The first kappa shape index (κ1) is 14.2. The van der Waals surface area contributed by atoms with Crippen molar-refractivity contribution in [3.63, 3.8) is 0 Å². The van der Waals surface area contributed by atoms with Crippen LogP contribution in [0.1, 0.15) is 29.8 Å². The van der Waals surface area contributed by atoms with Crippen LogP contribution in [0.15, 0.2) is 18.2 Å². The Bertz CT molecular complexity index is 472. The largest absolute Gasteiger partial charge is 0.368 e. The number of hydrogen-bond acceptors (Lipinski definition) is 2. The van der Waals surface area contributed by atoms with Crippen molar-refractivity contribution < 1.29 is 14.0 Å². The van der Waals surface area contributed by atoms with Crippen LogP contribution in [0.5, 0.6) is 0 Å². The summed E-state index contributed by atoms with van der Waals surface area (Å²) in [4.78, 5) is 23.1. The Morgan fingerprint density at radius 3 is 2.44 bits per heavy atom. The summed E-state index contributed by atoms with van der Waals surface area (Å²) < 4.78 is 13.5. The molecule has 1 atom stereocenters. The van der Waals surface area contributed by atoms with Gasteiger partial charge in [0.15, 0.2) is 0 Å². The maximum Gasteiger partial charge on any atom is 0.254 e. The Morgan fingerprint density at radius 2 is 1.94 bits per heavy atom. The number of carbonyl (C=O) groups is 2. The third-order valence-electron chi connectivity index (χ3n) is 2.63. The van der Waals surface area contributed by atoms with Crippen molar-refractivity contribution in [2.45, 2.75) is 26.8 Å². The highest BCUT2D eigenvalue weighted by atomic mass is 19.1. The zero-order chi connectivity index (χ0) is 13.9. The molecule has 0 aliphatic carbocycles. The molecular weight excluding hydrogens is 235 g/mol. The lowest BCUT2D eigenvalue weighted by Gasteiger charge is -2.19. The fourth-order valence-corrected chi connectivity index (χ4v) is 1.60. The van der Waals surface area contributed by atoms with E-state index >= 15 is 0 Å². The Kier molecular flexibility index (Phi) is 4.42. The summed E-state index contributed by atoms with van der Waals surface area (Å²) in [5, 5.41) is 2.45. The number of halogens is 1. The van der Waals surface area contributed by atoms with Gasteiger partial charge in [0.05, 0.1) is 5.56 Å². The summed E-state index contributed by atoms with van der Waals surface area (Å²) >= 11 is 0. The predicted molar refractivity (Wildman–Crippen MR) is 66.4 cm³/mol. The van der Waals surface area contributed by atoms with E-state index in [1.807, 2.05) is 0 Å². The topological polar surface area (TPSA) is 72.2 Å². The van der Waals surface area contributed by atoms with Gasteiger partial charge in [0.1, 0.15) is 11.9 Å². The minimum absolute atomic E-state index is 0.0816. The number of rotatable bonds is 4. The molecule has 1 unspecified atom stereocenters. The molecular formula is C13H17FN2O2. The van der Waals surface area contributed by atoms with Crippen LogP contribution in [0, 0.1) is 18.7 Å². The van der Waals surface area contributed by atoms with E-state index < -0.39 is 23.7 Å². The van der Waals surface area contributed by atoms with Crippen molar-refractivity contribution in [2.24, 2.45) is 11.7 Å². The van der Waals surface area contributed by atoms with Crippen molar-refractivity contribution >= 4 is 11.8 Å². The Morgan fingerprint density at radius 1 is 1.33 bits per heavy atom. The molecule has 98 valence electrons. The van der Waals surface area contributed by atoms with Crippen LogP contribution in [0.3, 0.4) is 0 Å². The maximum atomic E-state index is 13.5. The van der Waals surface area contributed by atoms with E-state index in [-0.39, 0.29) is 11.5 Å². The van der Waals surface area contributed by atoms with E-state index in [9.17, 15) is 14.0 Å². The lowest BCUT2D eigenvalue weighted by molar-refractivity contribution is -0.120. The molecule has 1 aromatic carbocycles. The molecule has 2 amide bonds. The van der Waals surface area contributed by atoms with Crippen LogP contribution in [-0.4, -0.2) is 17.9 Å². The van der Waals surface area contributed by atoms with Gasteiger partial charge in [0.25, 0.3) is 5.91 Å². The van der Waals surface area contributed by atoms with E-state index in [0.29, 0.717) is 0 Å².